The quantitative estimate of drug-likeness (QED) is 0.597. The van der Waals surface area contributed by atoms with Crippen molar-refractivity contribution in [2.24, 2.45) is 11.7 Å². The Bertz CT molecular complexity index is 402. The molecule has 1 rings (SSSR count). The predicted octanol–water partition coefficient (Wildman–Crippen LogP) is 2.00. The molecular weight excluding hydrogens is 226 g/mol. The molecule has 0 amide bonds. The van der Waals surface area contributed by atoms with E-state index in [1.165, 1.54) is 0 Å². The maximum absolute atomic E-state index is 7.46. The van der Waals surface area contributed by atoms with Gasteiger partial charge in [-0.1, -0.05) is 20.8 Å². The molecule has 0 saturated carbocycles. The lowest BCUT2D eigenvalue weighted by atomic mass is 10.1. The summed E-state index contributed by atoms with van der Waals surface area (Å²) in [6, 6.07) is 2.01. The molecule has 18 heavy (non-hydrogen) atoms. The Morgan fingerprint density at radius 3 is 2.56 bits per heavy atom. The first-order chi connectivity index (χ1) is 8.45. The van der Waals surface area contributed by atoms with E-state index in [1.54, 1.807) is 6.33 Å². The van der Waals surface area contributed by atoms with E-state index in [-0.39, 0.29) is 11.8 Å². The summed E-state index contributed by atoms with van der Waals surface area (Å²) in [6.45, 7) is 9.80. The standard InChI is InChI=1S/C13H23N5/c1-5-18(7-10(4)13(14)15)12-6-11(9(2)3)16-8-17-12/h6,8-10H,5,7H2,1-4H3,(H3,14,15). The molecule has 1 atom stereocenters. The lowest BCUT2D eigenvalue weighted by molar-refractivity contribution is 0.686. The van der Waals surface area contributed by atoms with E-state index < -0.39 is 0 Å². The van der Waals surface area contributed by atoms with Crippen molar-refractivity contribution >= 4 is 11.7 Å². The molecule has 0 aliphatic carbocycles. The summed E-state index contributed by atoms with van der Waals surface area (Å²) in [5.41, 5.74) is 6.56. The van der Waals surface area contributed by atoms with E-state index in [2.05, 4.69) is 35.6 Å². The van der Waals surface area contributed by atoms with Gasteiger partial charge < -0.3 is 10.6 Å². The summed E-state index contributed by atoms with van der Waals surface area (Å²) in [7, 11) is 0. The minimum absolute atomic E-state index is 0.0300. The van der Waals surface area contributed by atoms with Crippen molar-refractivity contribution in [1.29, 1.82) is 5.41 Å². The van der Waals surface area contributed by atoms with Crippen LogP contribution in [0.5, 0.6) is 0 Å². The summed E-state index contributed by atoms with van der Waals surface area (Å²) in [6.07, 6.45) is 1.60. The number of hydrogen-bond donors (Lipinski definition) is 2. The highest BCUT2D eigenvalue weighted by Gasteiger charge is 2.14. The van der Waals surface area contributed by atoms with E-state index in [4.69, 9.17) is 11.1 Å². The van der Waals surface area contributed by atoms with Crippen molar-refractivity contribution in [3.8, 4) is 0 Å². The molecule has 1 aromatic heterocycles. The van der Waals surface area contributed by atoms with Crippen molar-refractivity contribution in [1.82, 2.24) is 9.97 Å². The zero-order valence-corrected chi connectivity index (χ0v) is 11.6. The van der Waals surface area contributed by atoms with E-state index >= 15 is 0 Å². The molecule has 1 heterocycles. The largest absolute Gasteiger partial charge is 0.387 e. The molecule has 1 unspecified atom stereocenters. The number of nitrogens with two attached hydrogens (primary N) is 1. The van der Waals surface area contributed by atoms with Crippen molar-refractivity contribution in [2.75, 3.05) is 18.0 Å². The SMILES string of the molecule is CCN(CC(C)C(=N)N)c1cc(C(C)C)ncn1. The van der Waals surface area contributed by atoms with Crippen LogP contribution in [0.2, 0.25) is 0 Å². The van der Waals surface area contributed by atoms with Gasteiger partial charge in [0.2, 0.25) is 0 Å². The first kappa shape index (κ1) is 14.4. The molecule has 100 valence electrons. The number of rotatable bonds is 6. The Balaban J connectivity index is 2.88. The van der Waals surface area contributed by atoms with Crippen molar-refractivity contribution in [3.05, 3.63) is 18.1 Å². The number of amidine groups is 1. The van der Waals surface area contributed by atoms with Gasteiger partial charge in [0.15, 0.2) is 0 Å². The molecule has 0 aliphatic rings. The Labute approximate surface area is 109 Å². The second-order valence-electron chi connectivity index (χ2n) is 4.85. The maximum atomic E-state index is 7.46. The number of nitrogens with one attached hydrogen (secondary N) is 1. The van der Waals surface area contributed by atoms with Crippen LogP contribution in [0.4, 0.5) is 5.82 Å². The molecule has 0 bridgehead atoms. The van der Waals surface area contributed by atoms with Crippen LogP contribution in [0, 0.1) is 11.3 Å². The van der Waals surface area contributed by atoms with Gasteiger partial charge in [0.05, 0.1) is 5.84 Å². The topological polar surface area (TPSA) is 78.9 Å². The van der Waals surface area contributed by atoms with Gasteiger partial charge >= 0.3 is 0 Å². The molecule has 0 saturated heterocycles. The first-order valence-corrected chi connectivity index (χ1v) is 6.36. The molecule has 1 aromatic rings. The van der Waals surface area contributed by atoms with Crippen LogP contribution >= 0.6 is 0 Å². The number of hydrogen-bond acceptors (Lipinski definition) is 4. The average molecular weight is 249 g/mol. The van der Waals surface area contributed by atoms with Crippen LogP contribution in [-0.2, 0) is 0 Å². The fourth-order valence-corrected chi connectivity index (χ4v) is 1.66. The molecule has 5 nitrogen and oxygen atoms in total. The fraction of sp³-hybridized carbons (Fsp3) is 0.615. The molecule has 0 fully saturated rings. The van der Waals surface area contributed by atoms with Crippen molar-refractivity contribution in [3.63, 3.8) is 0 Å². The third kappa shape index (κ3) is 3.68. The second-order valence-corrected chi connectivity index (χ2v) is 4.85. The van der Waals surface area contributed by atoms with Gasteiger partial charge in [-0.2, -0.15) is 0 Å². The third-order valence-corrected chi connectivity index (χ3v) is 3.00. The highest BCUT2D eigenvalue weighted by atomic mass is 15.2. The molecule has 0 aliphatic heterocycles. The lowest BCUT2D eigenvalue weighted by Gasteiger charge is -2.25. The second kappa shape index (κ2) is 6.33. The van der Waals surface area contributed by atoms with Gasteiger partial charge in [-0.3, -0.25) is 5.41 Å². The monoisotopic (exact) mass is 249 g/mol. The zero-order valence-electron chi connectivity index (χ0n) is 11.6. The van der Waals surface area contributed by atoms with Crippen LogP contribution in [0.25, 0.3) is 0 Å². The van der Waals surface area contributed by atoms with E-state index in [1.807, 2.05) is 13.0 Å². The summed E-state index contributed by atoms with van der Waals surface area (Å²) in [4.78, 5) is 10.7. The van der Waals surface area contributed by atoms with Gasteiger partial charge in [0, 0.05) is 30.8 Å². The van der Waals surface area contributed by atoms with E-state index in [0.29, 0.717) is 12.5 Å². The highest BCUT2D eigenvalue weighted by Crippen LogP contribution is 2.17. The normalized spacial score (nSPS) is 12.5. The minimum atomic E-state index is 0.0300. The minimum Gasteiger partial charge on any atom is -0.387 e. The molecule has 3 N–H and O–H groups in total. The van der Waals surface area contributed by atoms with Crippen LogP contribution in [0.1, 0.15) is 39.3 Å². The Morgan fingerprint density at radius 1 is 1.39 bits per heavy atom. The Kier molecular flexibility index (Phi) is 5.07. The number of aromatic nitrogens is 2. The Hall–Kier alpha value is -1.65. The summed E-state index contributed by atoms with van der Waals surface area (Å²) < 4.78 is 0. The first-order valence-electron chi connectivity index (χ1n) is 6.36. The summed E-state index contributed by atoms with van der Waals surface area (Å²) in [5, 5.41) is 7.46. The van der Waals surface area contributed by atoms with E-state index in [0.717, 1.165) is 18.1 Å². The third-order valence-electron chi connectivity index (χ3n) is 3.00. The smallest absolute Gasteiger partial charge is 0.132 e. The van der Waals surface area contributed by atoms with Crippen LogP contribution in [-0.4, -0.2) is 28.9 Å². The number of nitrogens with zero attached hydrogens (tertiary/aromatic N) is 3. The van der Waals surface area contributed by atoms with Crippen molar-refractivity contribution in [2.45, 2.75) is 33.6 Å². The van der Waals surface area contributed by atoms with Crippen LogP contribution in [0.3, 0.4) is 0 Å². The predicted molar refractivity (Wildman–Crippen MR) is 75.1 cm³/mol. The summed E-state index contributed by atoms with van der Waals surface area (Å²) in [5.74, 6) is 1.54. The van der Waals surface area contributed by atoms with Gasteiger partial charge in [-0.15, -0.1) is 0 Å². The molecule has 5 heteroatoms. The number of anilines is 1. The zero-order chi connectivity index (χ0) is 13.7. The molecular formula is C13H23N5. The molecule has 0 spiro atoms. The van der Waals surface area contributed by atoms with Gasteiger partial charge in [-0.05, 0) is 12.8 Å². The lowest BCUT2D eigenvalue weighted by Crippen LogP contribution is -2.35. The fourth-order valence-electron chi connectivity index (χ4n) is 1.66. The highest BCUT2D eigenvalue weighted by molar-refractivity contribution is 5.79. The van der Waals surface area contributed by atoms with Crippen LogP contribution < -0.4 is 10.6 Å². The molecule has 0 aromatic carbocycles. The maximum Gasteiger partial charge on any atom is 0.132 e. The Morgan fingerprint density at radius 2 is 2.06 bits per heavy atom. The van der Waals surface area contributed by atoms with Crippen molar-refractivity contribution < 1.29 is 0 Å². The molecule has 0 radical (unpaired) electrons. The van der Waals surface area contributed by atoms with Crippen LogP contribution in [0.15, 0.2) is 12.4 Å². The van der Waals surface area contributed by atoms with Gasteiger partial charge in [0.1, 0.15) is 12.1 Å². The summed E-state index contributed by atoms with van der Waals surface area (Å²) >= 11 is 0. The average Bonchev–Trinajstić information content (AvgIpc) is 2.35. The van der Waals surface area contributed by atoms with Gasteiger partial charge in [-0.25, -0.2) is 9.97 Å². The van der Waals surface area contributed by atoms with E-state index in [9.17, 15) is 0 Å². The van der Waals surface area contributed by atoms with Gasteiger partial charge in [0.25, 0.3) is 0 Å².